The summed E-state index contributed by atoms with van der Waals surface area (Å²) in [6.07, 6.45) is 7.79. The Bertz CT molecular complexity index is 2490. The van der Waals surface area contributed by atoms with Crippen LogP contribution in [0.25, 0.3) is 0 Å². The van der Waals surface area contributed by atoms with Gasteiger partial charge in [0.25, 0.3) is 5.91 Å². The molecule has 1 aliphatic rings. The van der Waals surface area contributed by atoms with Gasteiger partial charge in [-0.05, 0) is 139 Å². The summed E-state index contributed by atoms with van der Waals surface area (Å²) in [7, 11) is 0. The van der Waals surface area contributed by atoms with E-state index in [4.69, 9.17) is 9.47 Å². The van der Waals surface area contributed by atoms with E-state index in [1.54, 1.807) is 19.1 Å². The third-order valence-corrected chi connectivity index (χ3v) is 8.00. The predicted octanol–water partition coefficient (Wildman–Crippen LogP) is 11.9. The van der Waals surface area contributed by atoms with Gasteiger partial charge in [-0.15, -0.1) is 26.3 Å². The van der Waals surface area contributed by atoms with Crippen LogP contribution in [-0.4, -0.2) is 37.1 Å². The number of benzene rings is 1. The summed E-state index contributed by atoms with van der Waals surface area (Å²) in [6, 6.07) is 9.01. The molecular formula is C53H88FNO3. The highest BCUT2D eigenvalue weighted by molar-refractivity contribution is 5.94. The van der Waals surface area contributed by atoms with Crippen molar-refractivity contribution in [3.05, 3.63) is 86.5 Å². The zero-order chi connectivity index (χ0) is 41.9. The van der Waals surface area contributed by atoms with E-state index in [1.807, 2.05) is 42.5 Å². The third-order valence-electron chi connectivity index (χ3n) is 8.00. The number of hydrogen-bond acceptors (Lipinski definition) is 3. The zero-order valence-corrected chi connectivity index (χ0v) is 32.4. The fourth-order valence-corrected chi connectivity index (χ4v) is 5.39. The van der Waals surface area contributed by atoms with Crippen LogP contribution in [0.1, 0.15) is 72.4 Å². The molecule has 1 aromatic carbocycles. The summed E-state index contributed by atoms with van der Waals surface area (Å²) in [5.74, 6) is 59.1. The lowest BCUT2D eigenvalue weighted by molar-refractivity contribution is -0.236. The molecule has 5 heteroatoms. The average Bonchev–Trinajstić information content (AvgIpc) is 3.24. The van der Waals surface area contributed by atoms with Crippen molar-refractivity contribution in [2.24, 2.45) is 17.8 Å². The van der Waals surface area contributed by atoms with Crippen molar-refractivity contribution in [3.8, 4) is 142 Å². The summed E-state index contributed by atoms with van der Waals surface area (Å²) in [5, 5.41) is 2.66. The van der Waals surface area contributed by atoms with Crippen LogP contribution < -0.4 is 5.32 Å². The molecule has 1 N–H and O–H groups in total. The summed E-state index contributed by atoms with van der Waals surface area (Å²) >= 11 is 0. The van der Waals surface area contributed by atoms with Gasteiger partial charge in [-0.1, -0.05) is 67.0 Å². The first-order valence-corrected chi connectivity index (χ1v) is 18.2. The first kappa shape index (κ1) is 46.4. The number of nitrogens with one attached hydrogen (secondary N) is 1. The highest BCUT2D eigenvalue weighted by Gasteiger charge is 2.42. The summed E-state index contributed by atoms with van der Waals surface area (Å²) in [4.78, 5) is 12.8. The summed E-state index contributed by atoms with van der Waals surface area (Å²) in [5.41, 5.74) is 1.18. The summed E-state index contributed by atoms with van der Waals surface area (Å²) in [6.45, 7) is 17.4. The molecule has 1 aromatic rings. The Hall–Kier alpha value is -7.78. The maximum absolute atomic E-state index is 15.8. The first-order valence-electron chi connectivity index (χ1n) is 18.2. The van der Waals surface area contributed by atoms with Gasteiger partial charge < -0.3 is 14.8 Å². The van der Waals surface area contributed by atoms with Crippen molar-refractivity contribution in [2.45, 2.75) is 63.6 Å². The number of allylic oxidation sites excluding steroid dienone is 1. The van der Waals surface area contributed by atoms with Gasteiger partial charge in [0.05, 0.1) is 18.8 Å². The molecule has 58 heavy (non-hydrogen) atoms. The molecule has 1 heterocycles. The van der Waals surface area contributed by atoms with Crippen LogP contribution in [0, 0.1) is 160 Å². The maximum atomic E-state index is 15.8. The second-order valence-corrected chi connectivity index (χ2v) is 11.8. The van der Waals surface area contributed by atoms with E-state index < -0.39 is 24.4 Å². The topological polar surface area (TPSA) is 47.6 Å². The number of hydrogen-bond donors (Lipinski definition) is 1. The van der Waals surface area contributed by atoms with E-state index >= 15 is 4.39 Å². The van der Waals surface area contributed by atoms with E-state index in [0.29, 0.717) is 12.8 Å². The van der Waals surface area contributed by atoms with Crippen LogP contribution in [0.3, 0.4) is 0 Å². The normalized spacial score (nSPS) is 17.0. The Morgan fingerprint density at radius 1 is 0.724 bits per heavy atom. The molecule has 2 rings (SSSR count). The average molecular weight is 806 g/mol. The number of amides is 1. The van der Waals surface area contributed by atoms with Gasteiger partial charge in [-0.25, -0.2) is 4.39 Å². The second-order valence-electron chi connectivity index (χ2n) is 11.8. The van der Waals surface area contributed by atoms with Gasteiger partial charge >= 0.3 is 0 Å². The zero-order valence-electron chi connectivity index (χ0n) is 32.4. The van der Waals surface area contributed by atoms with Gasteiger partial charge in [0.2, 0.25) is 0 Å². The van der Waals surface area contributed by atoms with E-state index in [9.17, 15) is 4.79 Å². The number of unbranched alkanes of at least 4 members (excludes halogenated alkanes) is 1. The Balaban J connectivity index is -0.0000000691. The molecule has 4 nitrogen and oxygen atoms in total. The number of halogens is 1. The molecule has 0 aliphatic carbocycles. The van der Waals surface area contributed by atoms with E-state index in [-0.39, 0.29) is 71.1 Å². The van der Waals surface area contributed by atoms with Gasteiger partial charge in [0, 0.05) is 87.5 Å². The molecule has 0 aromatic heterocycles. The molecule has 1 aliphatic heterocycles. The molecule has 2 unspecified atom stereocenters. The van der Waals surface area contributed by atoms with Crippen LogP contribution in [0.5, 0.6) is 0 Å². The molecule has 0 bridgehead atoms. The van der Waals surface area contributed by atoms with Crippen LogP contribution in [-0.2, 0) is 20.7 Å². The number of carbonyl (C=O) groups is 1. The SMILES string of the molecule is C=CCC1O[C@H](OC[C@H](NC(=O)C#CC#CC#CC#CC#CC#CC#CC#CC#CC#CC#CC#CC)[C@H](F)CCCCc2ccccc2)[C@@H](C=C)C(C=C)[C@H]1C=C.[HH].[HH].[HH].[HH].[HH].[HH].[HH].[HH].[HH].[HH].[HH].[HH].[HH].[HH].[HH].[HH].[HH].[HH].[HH].[HH].[HH].[HH].[HH].[HH]. The van der Waals surface area contributed by atoms with Crippen molar-refractivity contribution in [1.82, 2.24) is 5.32 Å². The minimum absolute atomic E-state index is 0. The van der Waals surface area contributed by atoms with Crippen molar-refractivity contribution in [1.29, 1.82) is 0 Å². The molecule has 0 radical (unpaired) electrons. The van der Waals surface area contributed by atoms with E-state index in [0.717, 1.165) is 12.8 Å². The monoisotopic (exact) mass is 806 g/mol. The van der Waals surface area contributed by atoms with Crippen LogP contribution in [0.15, 0.2) is 81.0 Å². The number of alkyl halides is 1. The Morgan fingerprint density at radius 2 is 1.21 bits per heavy atom. The van der Waals surface area contributed by atoms with E-state index in [1.165, 1.54) is 5.56 Å². The van der Waals surface area contributed by atoms with Crippen molar-refractivity contribution in [3.63, 3.8) is 0 Å². The Kier molecular flexibility index (Phi) is 24.4. The largest absolute Gasteiger partial charge is 0.350 e. The van der Waals surface area contributed by atoms with Crippen LogP contribution in [0.4, 0.5) is 4.39 Å². The summed E-state index contributed by atoms with van der Waals surface area (Å²) < 4.78 is 28.3. The third kappa shape index (κ3) is 19.5. The first-order chi connectivity index (χ1) is 28.5. The molecule has 7 atom stereocenters. The van der Waals surface area contributed by atoms with Gasteiger partial charge in [-0.3, -0.25) is 4.79 Å². The molecule has 0 spiro atoms. The second kappa shape index (κ2) is 30.5. The molecule has 1 saturated heterocycles. The highest BCUT2D eigenvalue weighted by atomic mass is 19.1. The molecule has 0 saturated carbocycles. The van der Waals surface area contributed by atoms with Gasteiger partial charge in [0.1, 0.15) is 6.17 Å². The Morgan fingerprint density at radius 3 is 1.67 bits per heavy atom. The highest BCUT2D eigenvalue weighted by Crippen LogP contribution is 2.39. The number of rotatable bonds is 15. The Labute approximate surface area is 381 Å². The fourth-order valence-electron chi connectivity index (χ4n) is 5.39. The molecule has 330 valence electrons. The lowest BCUT2D eigenvalue weighted by atomic mass is 9.75. The van der Waals surface area contributed by atoms with Crippen molar-refractivity contribution < 1.29 is 52.9 Å². The van der Waals surface area contributed by atoms with Crippen molar-refractivity contribution in [2.75, 3.05) is 6.61 Å². The minimum atomic E-state index is -1.41. The van der Waals surface area contributed by atoms with Crippen molar-refractivity contribution >= 4 is 5.91 Å². The molecular weight excluding hydrogens is 718 g/mol. The number of ether oxygens (including phenoxy) is 2. The van der Waals surface area contributed by atoms with Gasteiger partial charge in [0.15, 0.2) is 6.29 Å². The fraction of sp³-hybridized carbons (Fsp3) is 0.264. The van der Waals surface area contributed by atoms with Gasteiger partial charge in [-0.2, -0.15) is 0 Å². The minimum Gasteiger partial charge on any atom is -0.350 e. The molecule has 1 amide bonds. The predicted molar refractivity (Wildman–Crippen MR) is 281 cm³/mol. The lowest BCUT2D eigenvalue weighted by Crippen LogP contribution is -2.50. The lowest BCUT2D eigenvalue weighted by Gasteiger charge is -2.44. The van der Waals surface area contributed by atoms with Crippen LogP contribution >= 0.6 is 0 Å². The standard InChI is InChI=1S/C53H40FNO3.24H2/c1-6-11-12-13-14-15-16-17-18-19-20-21-22-23-24-25-26-27-28-29-30-31-35-43-52(56)55-50(49(54)42-37-36-41-45-39-33-32-34-40-45)44-57-53-48(10-5)46(8-3)47(9-4)51(58-53)38-7-2;;;;;;;;;;;;;;;;;;;;;;;;/h7-10,32-34,39-40,46-51,53H,2-5,36-38,41-42,44H2,1H3,(H,55,56);24*1H/t46?,47-,48+,49-,50+,51?,53+;;;;;;;;;;;;;;;;;;;;;;;;/m1......................../s1. The molecule has 1 fully saturated rings. The quantitative estimate of drug-likeness (QED) is 0.109. The smallest absolute Gasteiger partial charge is 0.297 e. The number of aryl methyl sites for hydroxylation is 1. The maximum Gasteiger partial charge on any atom is 0.297 e. The van der Waals surface area contributed by atoms with E-state index in [2.05, 4.69) is 174 Å². The van der Waals surface area contributed by atoms with Crippen LogP contribution in [0.2, 0.25) is 0 Å². The number of carbonyl (C=O) groups excluding carboxylic acids is 1.